The molecule has 2 amide bonds. The molecule has 0 bridgehead atoms. The first-order valence-electron chi connectivity index (χ1n) is 9.32. The number of nitrogens with zero attached hydrogens (tertiary/aromatic N) is 1. The van der Waals surface area contributed by atoms with Crippen molar-refractivity contribution in [2.45, 2.75) is 22.1 Å². The highest BCUT2D eigenvalue weighted by atomic mass is 35.5. The summed E-state index contributed by atoms with van der Waals surface area (Å²) in [7, 11) is 0. The zero-order valence-corrected chi connectivity index (χ0v) is 17.8. The summed E-state index contributed by atoms with van der Waals surface area (Å²) in [6.45, 7) is 3.62. The molecule has 1 N–H and O–H groups in total. The lowest BCUT2D eigenvalue weighted by atomic mass is 9.68. The SMILES string of the molecule is C=CC1=CCC2(Cl)C(=O)N(c3c(F)c(F)c(F)c(F)c3F)C(=O)C2(Cl)C1c1ccccc1O. The molecule has 2 aromatic carbocycles. The lowest BCUT2D eigenvalue weighted by molar-refractivity contribution is -0.122. The molecule has 33 heavy (non-hydrogen) atoms. The van der Waals surface area contributed by atoms with E-state index >= 15 is 0 Å². The van der Waals surface area contributed by atoms with Crippen molar-refractivity contribution in [3.63, 3.8) is 0 Å². The predicted octanol–water partition coefficient (Wildman–Crippen LogP) is 5.22. The first kappa shape index (κ1) is 23.3. The second-order valence-corrected chi connectivity index (χ2v) is 8.72. The van der Waals surface area contributed by atoms with Crippen LogP contribution in [0.4, 0.5) is 27.6 Å². The maximum atomic E-state index is 14.5. The number of alkyl halides is 2. The fourth-order valence-electron chi connectivity index (χ4n) is 4.27. The molecule has 172 valence electrons. The van der Waals surface area contributed by atoms with Crippen molar-refractivity contribution in [2.24, 2.45) is 0 Å². The molecule has 3 atom stereocenters. The van der Waals surface area contributed by atoms with Crippen LogP contribution in [0.3, 0.4) is 0 Å². The van der Waals surface area contributed by atoms with E-state index in [1.807, 2.05) is 0 Å². The molecule has 3 unspecified atom stereocenters. The molecule has 1 aliphatic heterocycles. The number of imide groups is 1. The number of para-hydroxylation sites is 1. The van der Waals surface area contributed by atoms with Crippen molar-refractivity contribution in [1.29, 1.82) is 0 Å². The van der Waals surface area contributed by atoms with E-state index < -0.39 is 68.7 Å². The van der Waals surface area contributed by atoms with Crippen molar-refractivity contribution in [3.8, 4) is 5.75 Å². The largest absolute Gasteiger partial charge is 0.508 e. The van der Waals surface area contributed by atoms with Gasteiger partial charge in [-0.15, -0.1) is 23.2 Å². The minimum Gasteiger partial charge on any atom is -0.508 e. The summed E-state index contributed by atoms with van der Waals surface area (Å²) in [4.78, 5) is 21.7. The van der Waals surface area contributed by atoms with Gasteiger partial charge in [-0.3, -0.25) is 9.59 Å². The monoisotopic (exact) mass is 503 g/mol. The Kier molecular flexibility index (Phi) is 5.33. The van der Waals surface area contributed by atoms with Crippen molar-refractivity contribution in [2.75, 3.05) is 4.90 Å². The molecule has 0 radical (unpaired) electrons. The Hall–Kier alpha value is -2.91. The molecule has 4 rings (SSSR count). The van der Waals surface area contributed by atoms with Crippen molar-refractivity contribution >= 4 is 40.7 Å². The minimum absolute atomic E-state index is 0.0313. The van der Waals surface area contributed by atoms with Gasteiger partial charge < -0.3 is 5.11 Å². The van der Waals surface area contributed by atoms with E-state index in [9.17, 15) is 36.6 Å². The van der Waals surface area contributed by atoms with Crippen LogP contribution < -0.4 is 4.90 Å². The summed E-state index contributed by atoms with van der Waals surface area (Å²) in [6.07, 6.45) is 2.25. The first-order valence-corrected chi connectivity index (χ1v) is 10.1. The molecule has 0 saturated carbocycles. The second-order valence-electron chi connectivity index (χ2n) is 7.48. The minimum atomic E-state index is -2.51. The zero-order valence-electron chi connectivity index (χ0n) is 16.3. The maximum Gasteiger partial charge on any atom is 0.258 e. The smallest absolute Gasteiger partial charge is 0.258 e. The van der Waals surface area contributed by atoms with E-state index in [0.717, 1.165) is 0 Å². The fraction of sp³-hybridized carbons (Fsp3) is 0.182. The molecule has 4 nitrogen and oxygen atoms in total. The molecule has 1 fully saturated rings. The Morgan fingerprint density at radius 2 is 1.52 bits per heavy atom. The van der Waals surface area contributed by atoms with Gasteiger partial charge in [0, 0.05) is 11.5 Å². The molecule has 0 spiro atoms. The molecule has 2 aromatic rings. The molecule has 11 heteroatoms. The number of hydrogen-bond donors (Lipinski definition) is 1. The number of benzene rings is 2. The molecule has 1 heterocycles. The first-order chi connectivity index (χ1) is 15.4. The third kappa shape index (κ3) is 2.81. The molecule has 1 aliphatic carbocycles. The van der Waals surface area contributed by atoms with Gasteiger partial charge in [-0.25, -0.2) is 26.9 Å². The Morgan fingerprint density at radius 3 is 2.06 bits per heavy atom. The van der Waals surface area contributed by atoms with Gasteiger partial charge in [-0.1, -0.05) is 36.9 Å². The fourth-order valence-corrected chi connectivity index (χ4v) is 5.11. The van der Waals surface area contributed by atoms with Gasteiger partial charge in [0.2, 0.25) is 5.82 Å². The van der Waals surface area contributed by atoms with Crippen LogP contribution in [0.25, 0.3) is 0 Å². The van der Waals surface area contributed by atoms with Crippen LogP contribution >= 0.6 is 23.2 Å². The Labute approximate surface area is 193 Å². The number of rotatable bonds is 3. The van der Waals surface area contributed by atoms with E-state index in [2.05, 4.69) is 6.58 Å². The quantitative estimate of drug-likeness (QED) is 0.205. The van der Waals surface area contributed by atoms with Gasteiger partial charge in [-0.2, -0.15) is 0 Å². The summed E-state index contributed by atoms with van der Waals surface area (Å²) < 4.78 is 70.3. The molecular formula is C22H12Cl2F5NO3. The van der Waals surface area contributed by atoms with Gasteiger partial charge >= 0.3 is 0 Å². The Morgan fingerprint density at radius 1 is 0.970 bits per heavy atom. The van der Waals surface area contributed by atoms with E-state index in [0.29, 0.717) is 0 Å². The summed E-state index contributed by atoms with van der Waals surface area (Å²) in [6, 6.07) is 5.60. The number of amides is 2. The standard InChI is InChI=1S/C22H12Cl2F5NO3/c1-2-9-7-8-21(23)19(32)30(18-16(28)14(26)13(25)15(27)17(18)29)20(33)22(21,24)12(9)10-5-3-4-6-11(10)31/h2-7,12,31H,1,8H2. The second kappa shape index (κ2) is 7.56. The van der Waals surface area contributed by atoms with Crippen LogP contribution in [-0.2, 0) is 9.59 Å². The highest BCUT2D eigenvalue weighted by molar-refractivity contribution is 6.58. The third-order valence-corrected chi connectivity index (χ3v) is 7.29. The molecular weight excluding hydrogens is 492 g/mol. The third-order valence-electron chi connectivity index (χ3n) is 5.88. The molecule has 0 aromatic heterocycles. The average Bonchev–Trinajstić information content (AvgIpc) is 2.94. The Bertz CT molecular complexity index is 1250. The van der Waals surface area contributed by atoms with Crippen molar-refractivity contribution in [3.05, 3.63) is 83.2 Å². The number of phenols is 1. The summed E-state index contributed by atoms with van der Waals surface area (Å²) in [5.74, 6) is -16.7. The number of aromatic hydroxyl groups is 1. The number of anilines is 1. The van der Waals surface area contributed by atoms with Gasteiger partial charge in [-0.05, 0) is 18.1 Å². The Balaban J connectivity index is 2.01. The predicted molar refractivity (Wildman–Crippen MR) is 110 cm³/mol. The summed E-state index contributed by atoms with van der Waals surface area (Å²) in [5.41, 5.74) is -1.50. The van der Waals surface area contributed by atoms with Crippen LogP contribution in [0.5, 0.6) is 5.75 Å². The van der Waals surface area contributed by atoms with E-state index in [1.165, 1.54) is 36.4 Å². The van der Waals surface area contributed by atoms with Crippen LogP contribution in [0.15, 0.2) is 48.6 Å². The highest BCUT2D eigenvalue weighted by Crippen LogP contribution is 2.60. The van der Waals surface area contributed by atoms with Gasteiger partial charge in [0.05, 0.1) is 0 Å². The lowest BCUT2D eigenvalue weighted by Crippen LogP contribution is -2.54. The average molecular weight is 504 g/mol. The lowest BCUT2D eigenvalue weighted by Gasteiger charge is -2.42. The van der Waals surface area contributed by atoms with Crippen LogP contribution in [-0.4, -0.2) is 26.7 Å². The summed E-state index contributed by atoms with van der Waals surface area (Å²) >= 11 is 13.2. The highest BCUT2D eigenvalue weighted by Gasteiger charge is 2.73. The van der Waals surface area contributed by atoms with Crippen molar-refractivity contribution < 1.29 is 36.6 Å². The van der Waals surface area contributed by atoms with E-state index in [1.54, 1.807) is 0 Å². The van der Waals surface area contributed by atoms with Crippen LogP contribution in [0.2, 0.25) is 0 Å². The zero-order chi connectivity index (χ0) is 24.5. The number of carbonyl (C=O) groups excluding carboxylic acids is 2. The number of halogens is 7. The van der Waals surface area contributed by atoms with Crippen LogP contribution in [0.1, 0.15) is 17.9 Å². The van der Waals surface area contributed by atoms with Gasteiger partial charge in [0.15, 0.2) is 33.0 Å². The van der Waals surface area contributed by atoms with Gasteiger partial charge in [0.1, 0.15) is 11.4 Å². The normalized spacial score (nSPS) is 26.9. The number of allylic oxidation sites excluding steroid dienone is 3. The molecule has 2 aliphatic rings. The van der Waals surface area contributed by atoms with Crippen LogP contribution in [0, 0.1) is 29.1 Å². The van der Waals surface area contributed by atoms with E-state index in [4.69, 9.17) is 23.2 Å². The molecule has 1 saturated heterocycles. The summed E-state index contributed by atoms with van der Waals surface area (Å²) in [5, 5.41) is 10.4. The number of carbonyl (C=O) groups is 2. The van der Waals surface area contributed by atoms with Gasteiger partial charge in [0.25, 0.3) is 11.8 Å². The topological polar surface area (TPSA) is 57.6 Å². The number of fused-ring (bicyclic) bond motifs is 1. The maximum absolute atomic E-state index is 14.5. The van der Waals surface area contributed by atoms with E-state index in [-0.39, 0.29) is 21.8 Å². The van der Waals surface area contributed by atoms with Crippen molar-refractivity contribution in [1.82, 2.24) is 0 Å². The number of phenolic OH excluding ortho intramolecular Hbond substituents is 1. The number of hydrogen-bond acceptors (Lipinski definition) is 3.